The number of nitrogens with one attached hydrogen (secondary N) is 2. The van der Waals surface area contributed by atoms with Crippen LogP contribution in [0.1, 0.15) is 30.5 Å². The second-order valence-corrected chi connectivity index (χ2v) is 8.39. The average Bonchev–Trinajstić information content (AvgIpc) is 3.42. The van der Waals surface area contributed by atoms with Gasteiger partial charge in [0.05, 0.1) is 16.4 Å². The first kappa shape index (κ1) is 21.2. The van der Waals surface area contributed by atoms with Gasteiger partial charge in [-0.1, -0.05) is 41.6 Å². The summed E-state index contributed by atoms with van der Waals surface area (Å²) in [5, 5.41) is 19.5. The molecule has 31 heavy (non-hydrogen) atoms. The predicted molar refractivity (Wildman–Crippen MR) is 124 cm³/mol. The first-order chi connectivity index (χ1) is 15.2. The minimum atomic E-state index is 0.231. The van der Waals surface area contributed by atoms with Crippen LogP contribution < -0.4 is 10.6 Å². The van der Waals surface area contributed by atoms with Gasteiger partial charge < -0.3 is 15.5 Å². The maximum absolute atomic E-state index is 11.7. The molecule has 9 heteroatoms. The highest BCUT2D eigenvalue weighted by atomic mass is 35.5. The third kappa shape index (κ3) is 5.01. The molecule has 7 nitrogen and oxygen atoms in total. The van der Waals surface area contributed by atoms with Crippen molar-refractivity contribution in [2.24, 2.45) is 0 Å². The topological polar surface area (TPSA) is 93.9 Å². The fourth-order valence-corrected chi connectivity index (χ4v) is 4.55. The highest BCUT2D eigenvalue weighted by molar-refractivity contribution is 8.06. The van der Waals surface area contributed by atoms with E-state index in [1.165, 1.54) is 11.8 Å². The highest BCUT2D eigenvalue weighted by Crippen LogP contribution is 2.36. The lowest BCUT2D eigenvalue weighted by Gasteiger charge is -2.15. The van der Waals surface area contributed by atoms with Gasteiger partial charge >= 0.3 is 0 Å². The fraction of sp³-hybridized carbons (Fsp3) is 0.273. The Bertz CT molecular complexity index is 1090. The second kappa shape index (κ2) is 9.86. The number of carbonyl (C=O) groups excluding carboxylic acids is 1. The van der Waals surface area contributed by atoms with Crippen LogP contribution in [0.5, 0.6) is 0 Å². The Morgan fingerprint density at radius 3 is 3.00 bits per heavy atom. The van der Waals surface area contributed by atoms with E-state index in [0.29, 0.717) is 40.2 Å². The van der Waals surface area contributed by atoms with Crippen LogP contribution in [0.25, 0.3) is 11.3 Å². The number of allylic oxidation sites excluding steroid dienone is 1. The van der Waals surface area contributed by atoms with Crippen molar-refractivity contribution in [1.82, 2.24) is 20.2 Å². The van der Waals surface area contributed by atoms with Gasteiger partial charge in [-0.25, -0.2) is 9.97 Å². The Hall–Kier alpha value is -3.02. The quantitative estimate of drug-likeness (QED) is 0.482. The van der Waals surface area contributed by atoms with E-state index in [9.17, 15) is 10.1 Å². The number of amides is 1. The molecular formula is C22H21ClN6OS. The van der Waals surface area contributed by atoms with Crippen molar-refractivity contribution in [3.8, 4) is 6.07 Å². The van der Waals surface area contributed by atoms with Gasteiger partial charge in [0.15, 0.2) is 0 Å². The minimum Gasteiger partial charge on any atom is -0.354 e. The number of aromatic nitrogens is 2. The summed E-state index contributed by atoms with van der Waals surface area (Å²) in [5.74, 6) is 0.691. The summed E-state index contributed by atoms with van der Waals surface area (Å²) < 4.78 is 0. The molecule has 2 aliphatic heterocycles. The van der Waals surface area contributed by atoms with Gasteiger partial charge in [-0.05, 0) is 25.0 Å². The van der Waals surface area contributed by atoms with Crippen molar-refractivity contribution < 1.29 is 4.79 Å². The van der Waals surface area contributed by atoms with Crippen LogP contribution in [0.3, 0.4) is 0 Å². The number of rotatable bonds is 7. The van der Waals surface area contributed by atoms with E-state index in [4.69, 9.17) is 11.6 Å². The van der Waals surface area contributed by atoms with Crippen LogP contribution in [0.15, 0.2) is 47.0 Å². The molecule has 0 spiro atoms. The van der Waals surface area contributed by atoms with E-state index >= 15 is 0 Å². The van der Waals surface area contributed by atoms with Gasteiger partial charge in [0, 0.05) is 48.2 Å². The fourth-order valence-electron chi connectivity index (χ4n) is 3.45. The highest BCUT2D eigenvalue weighted by Gasteiger charge is 2.20. The molecule has 0 saturated carbocycles. The molecule has 1 fully saturated rings. The molecule has 1 aromatic heterocycles. The lowest BCUT2D eigenvalue weighted by Crippen LogP contribution is -2.27. The van der Waals surface area contributed by atoms with Crippen LogP contribution in [0.2, 0.25) is 5.02 Å². The van der Waals surface area contributed by atoms with Gasteiger partial charge in [0.2, 0.25) is 11.9 Å². The maximum atomic E-state index is 11.7. The van der Waals surface area contributed by atoms with Crippen molar-refractivity contribution in [2.45, 2.75) is 19.3 Å². The van der Waals surface area contributed by atoms with Gasteiger partial charge in [-0.15, -0.1) is 0 Å². The standard InChI is InChI=1S/C22H21ClN6OS/c23-17-6-2-1-5-15(17)19-14-31-21(27-19)16(13-24)18-8-10-26-22(28-18)25-9-4-12-29-11-3-7-20(29)30/h1-2,5-6,8,10,14,27H,3-4,7,9,11-12H2,(H,25,26,28). The van der Waals surface area contributed by atoms with Crippen LogP contribution >= 0.6 is 23.4 Å². The molecule has 2 N–H and O–H groups in total. The maximum Gasteiger partial charge on any atom is 0.223 e. The summed E-state index contributed by atoms with van der Waals surface area (Å²) in [6.07, 6.45) is 4.05. The molecule has 2 aliphatic rings. The van der Waals surface area contributed by atoms with Crippen molar-refractivity contribution in [3.63, 3.8) is 0 Å². The second-order valence-electron chi connectivity index (χ2n) is 7.10. The number of hydrogen-bond donors (Lipinski definition) is 2. The summed E-state index contributed by atoms with van der Waals surface area (Å²) in [7, 11) is 0. The summed E-state index contributed by atoms with van der Waals surface area (Å²) in [6, 6.07) is 11.5. The lowest BCUT2D eigenvalue weighted by atomic mass is 10.1. The Kier molecular flexibility index (Phi) is 6.75. The summed E-state index contributed by atoms with van der Waals surface area (Å²) in [5.41, 5.74) is 2.71. The van der Waals surface area contributed by atoms with Crippen molar-refractivity contribution >= 4 is 46.5 Å². The molecule has 1 amide bonds. The van der Waals surface area contributed by atoms with Crippen LogP contribution in [-0.4, -0.2) is 40.4 Å². The Labute approximate surface area is 190 Å². The molecule has 1 aromatic carbocycles. The number of nitrogens with zero attached hydrogens (tertiary/aromatic N) is 4. The first-order valence-corrected chi connectivity index (χ1v) is 11.3. The Morgan fingerprint density at radius 1 is 1.35 bits per heavy atom. The Balaban J connectivity index is 1.41. The Morgan fingerprint density at radius 2 is 2.23 bits per heavy atom. The molecule has 0 unspecified atom stereocenters. The number of carbonyl (C=O) groups is 1. The molecule has 0 radical (unpaired) electrons. The van der Waals surface area contributed by atoms with Gasteiger partial charge in [-0.3, -0.25) is 4.79 Å². The third-order valence-electron chi connectivity index (χ3n) is 5.02. The van der Waals surface area contributed by atoms with Gasteiger partial charge in [-0.2, -0.15) is 5.26 Å². The number of likely N-dealkylation sites (tertiary alicyclic amines) is 1. The monoisotopic (exact) mass is 452 g/mol. The van der Waals surface area contributed by atoms with Crippen molar-refractivity contribution in [2.75, 3.05) is 25.0 Å². The number of thioether (sulfide) groups is 1. The first-order valence-electron chi connectivity index (χ1n) is 10.0. The largest absolute Gasteiger partial charge is 0.354 e. The predicted octanol–water partition coefficient (Wildman–Crippen LogP) is 4.08. The number of hydrogen-bond acceptors (Lipinski definition) is 7. The zero-order valence-electron chi connectivity index (χ0n) is 16.8. The SMILES string of the molecule is N#CC(=C1NC(c2ccccc2Cl)=CS1)c1ccnc(NCCCN2CCCC2=O)n1. The molecule has 4 rings (SSSR count). The molecule has 0 bridgehead atoms. The van der Waals surface area contributed by atoms with E-state index in [1.807, 2.05) is 34.6 Å². The normalized spacial score (nSPS) is 17.2. The smallest absolute Gasteiger partial charge is 0.223 e. The van der Waals surface area contributed by atoms with Gasteiger partial charge in [0.1, 0.15) is 11.6 Å². The minimum absolute atomic E-state index is 0.231. The van der Waals surface area contributed by atoms with E-state index in [1.54, 1.807) is 12.3 Å². The average molecular weight is 453 g/mol. The van der Waals surface area contributed by atoms with Crippen molar-refractivity contribution in [1.29, 1.82) is 5.26 Å². The van der Waals surface area contributed by atoms with Crippen molar-refractivity contribution in [3.05, 3.63) is 63.2 Å². The molecule has 1 saturated heterocycles. The zero-order chi connectivity index (χ0) is 21.6. The lowest BCUT2D eigenvalue weighted by molar-refractivity contribution is -0.127. The van der Waals surface area contributed by atoms with Gasteiger partial charge in [0.25, 0.3) is 0 Å². The van der Waals surface area contributed by atoms with E-state index in [2.05, 4.69) is 26.7 Å². The van der Waals surface area contributed by atoms with E-state index in [-0.39, 0.29) is 5.91 Å². The summed E-state index contributed by atoms with van der Waals surface area (Å²) in [4.78, 5) is 22.3. The molecule has 0 atom stereocenters. The van der Waals surface area contributed by atoms with Crippen LogP contribution in [-0.2, 0) is 4.79 Å². The van der Waals surface area contributed by atoms with E-state index in [0.717, 1.165) is 37.2 Å². The third-order valence-corrected chi connectivity index (χ3v) is 6.24. The molecule has 0 aliphatic carbocycles. The van der Waals surface area contributed by atoms with E-state index < -0.39 is 0 Å². The molecule has 158 valence electrons. The summed E-state index contributed by atoms with van der Waals surface area (Å²) in [6.45, 7) is 2.23. The zero-order valence-corrected chi connectivity index (χ0v) is 18.3. The number of nitriles is 1. The number of halogens is 1. The number of anilines is 1. The van der Waals surface area contributed by atoms with Crippen LogP contribution in [0.4, 0.5) is 5.95 Å². The number of benzene rings is 1. The molecular weight excluding hydrogens is 432 g/mol. The molecule has 2 aromatic rings. The van der Waals surface area contributed by atoms with Crippen LogP contribution in [0, 0.1) is 11.3 Å². The molecule has 3 heterocycles. The summed E-state index contributed by atoms with van der Waals surface area (Å²) >= 11 is 7.72.